The number of imidazole rings is 1. The molecule has 1 atom stereocenters. The lowest BCUT2D eigenvalue weighted by Crippen LogP contribution is -2.44. The fourth-order valence-corrected chi connectivity index (χ4v) is 2.75. The van der Waals surface area contributed by atoms with Crippen LogP contribution in [0.4, 0.5) is 0 Å². The summed E-state index contributed by atoms with van der Waals surface area (Å²) in [6, 6.07) is 10.4. The SMILES string of the molecule is O=C(C[C@H]1CN(Cc2ccccc2)CCO1)NCc1ncc[nH]1. The Morgan fingerprint density at radius 1 is 1.39 bits per heavy atom. The minimum atomic E-state index is -0.0518. The molecule has 1 amide bonds. The maximum Gasteiger partial charge on any atom is 0.223 e. The van der Waals surface area contributed by atoms with Gasteiger partial charge < -0.3 is 15.0 Å². The highest BCUT2D eigenvalue weighted by Crippen LogP contribution is 2.12. The van der Waals surface area contributed by atoms with Gasteiger partial charge in [0.05, 0.1) is 25.7 Å². The Kier molecular flexibility index (Phi) is 5.39. The number of aromatic nitrogens is 2. The first-order valence-corrected chi connectivity index (χ1v) is 7.92. The average Bonchev–Trinajstić information content (AvgIpc) is 3.08. The molecule has 0 saturated carbocycles. The third kappa shape index (κ3) is 4.91. The van der Waals surface area contributed by atoms with Crippen molar-refractivity contribution in [3.05, 3.63) is 54.1 Å². The van der Waals surface area contributed by atoms with Crippen molar-refractivity contribution >= 4 is 5.91 Å². The van der Waals surface area contributed by atoms with Crippen LogP contribution in [0.15, 0.2) is 42.7 Å². The van der Waals surface area contributed by atoms with E-state index < -0.39 is 0 Å². The van der Waals surface area contributed by atoms with Crippen molar-refractivity contribution in [1.82, 2.24) is 20.2 Å². The van der Waals surface area contributed by atoms with Crippen molar-refractivity contribution in [2.45, 2.75) is 25.6 Å². The molecular weight excluding hydrogens is 292 g/mol. The molecule has 0 bridgehead atoms. The van der Waals surface area contributed by atoms with Gasteiger partial charge in [0.2, 0.25) is 5.91 Å². The summed E-state index contributed by atoms with van der Waals surface area (Å²) in [6.45, 7) is 3.67. The topological polar surface area (TPSA) is 70.2 Å². The summed E-state index contributed by atoms with van der Waals surface area (Å²) in [6.07, 6.45) is 3.75. The summed E-state index contributed by atoms with van der Waals surface area (Å²) in [7, 11) is 0. The minimum Gasteiger partial charge on any atom is -0.375 e. The smallest absolute Gasteiger partial charge is 0.223 e. The van der Waals surface area contributed by atoms with Gasteiger partial charge in [-0.25, -0.2) is 4.98 Å². The molecule has 122 valence electrons. The van der Waals surface area contributed by atoms with Crippen molar-refractivity contribution in [2.75, 3.05) is 19.7 Å². The van der Waals surface area contributed by atoms with Crippen molar-refractivity contribution in [1.29, 1.82) is 0 Å². The van der Waals surface area contributed by atoms with Gasteiger partial charge in [-0.05, 0) is 5.56 Å². The quantitative estimate of drug-likeness (QED) is 0.843. The molecule has 0 radical (unpaired) electrons. The molecule has 6 nitrogen and oxygen atoms in total. The average molecular weight is 314 g/mol. The van der Waals surface area contributed by atoms with Crippen LogP contribution in [0.1, 0.15) is 17.8 Å². The molecule has 0 unspecified atom stereocenters. The van der Waals surface area contributed by atoms with E-state index in [1.807, 2.05) is 6.07 Å². The number of carbonyl (C=O) groups excluding carboxylic acids is 1. The zero-order chi connectivity index (χ0) is 15.9. The molecule has 6 heteroatoms. The number of ether oxygens (including phenoxy) is 1. The lowest BCUT2D eigenvalue weighted by molar-refractivity contribution is -0.126. The van der Waals surface area contributed by atoms with Crippen LogP contribution in [0.25, 0.3) is 0 Å². The number of aromatic amines is 1. The normalized spacial score (nSPS) is 18.7. The lowest BCUT2D eigenvalue weighted by atomic mass is 10.1. The molecule has 3 rings (SSSR count). The maximum absolute atomic E-state index is 12.0. The summed E-state index contributed by atoms with van der Waals surface area (Å²) in [4.78, 5) is 21.4. The molecule has 2 heterocycles. The van der Waals surface area contributed by atoms with Gasteiger partial charge in [0.15, 0.2) is 0 Å². The van der Waals surface area contributed by atoms with E-state index in [9.17, 15) is 4.79 Å². The van der Waals surface area contributed by atoms with Crippen molar-refractivity contribution in [3.63, 3.8) is 0 Å². The Hall–Kier alpha value is -2.18. The van der Waals surface area contributed by atoms with Gasteiger partial charge in [0, 0.05) is 32.0 Å². The van der Waals surface area contributed by atoms with Crippen LogP contribution in [0.5, 0.6) is 0 Å². The van der Waals surface area contributed by atoms with E-state index in [2.05, 4.69) is 44.5 Å². The minimum absolute atomic E-state index is 0.00652. The van der Waals surface area contributed by atoms with Crippen LogP contribution < -0.4 is 5.32 Å². The summed E-state index contributed by atoms with van der Waals surface area (Å²) in [5.41, 5.74) is 1.29. The number of amides is 1. The summed E-state index contributed by atoms with van der Waals surface area (Å²) in [5, 5.41) is 2.87. The maximum atomic E-state index is 12.0. The molecule has 0 spiro atoms. The molecule has 23 heavy (non-hydrogen) atoms. The molecule has 1 aromatic carbocycles. The second kappa shape index (κ2) is 7.89. The number of carbonyl (C=O) groups is 1. The van der Waals surface area contributed by atoms with Gasteiger partial charge >= 0.3 is 0 Å². The fraction of sp³-hybridized carbons (Fsp3) is 0.412. The first-order valence-electron chi connectivity index (χ1n) is 7.92. The molecule has 2 N–H and O–H groups in total. The van der Waals surface area contributed by atoms with Gasteiger partial charge in [0.1, 0.15) is 5.82 Å². The third-order valence-electron chi connectivity index (χ3n) is 3.89. The van der Waals surface area contributed by atoms with Crippen LogP contribution in [0.2, 0.25) is 0 Å². The second-order valence-corrected chi connectivity index (χ2v) is 5.73. The van der Waals surface area contributed by atoms with Gasteiger partial charge in [0.25, 0.3) is 0 Å². The van der Waals surface area contributed by atoms with Gasteiger partial charge in [-0.1, -0.05) is 30.3 Å². The number of hydrogen-bond donors (Lipinski definition) is 2. The number of H-pyrrole nitrogens is 1. The first-order chi connectivity index (χ1) is 11.3. The Morgan fingerprint density at radius 3 is 3.04 bits per heavy atom. The predicted octanol–water partition coefficient (Wildman–Crippen LogP) is 1.32. The van der Waals surface area contributed by atoms with Crippen molar-refractivity contribution < 1.29 is 9.53 Å². The largest absolute Gasteiger partial charge is 0.375 e. The summed E-state index contributed by atoms with van der Waals surface area (Å²) in [5.74, 6) is 0.751. The molecular formula is C17H22N4O2. The van der Waals surface area contributed by atoms with E-state index in [4.69, 9.17) is 4.74 Å². The van der Waals surface area contributed by atoms with Crippen LogP contribution in [0.3, 0.4) is 0 Å². The Bertz CT molecular complexity index is 600. The number of morpholine rings is 1. The monoisotopic (exact) mass is 314 g/mol. The predicted molar refractivity (Wildman–Crippen MR) is 86.5 cm³/mol. The summed E-state index contributed by atoms with van der Waals surface area (Å²) < 4.78 is 5.73. The Balaban J connectivity index is 1.43. The lowest BCUT2D eigenvalue weighted by Gasteiger charge is -2.32. The van der Waals surface area contributed by atoms with E-state index in [0.717, 1.165) is 25.5 Å². The van der Waals surface area contributed by atoms with Crippen molar-refractivity contribution in [3.8, 4) is 0 Å². The van der Waals surface area contributed by atoms with Crippen LogP contribution in [-0.4, -0.2) is 46.6 Å². The Labute approximate surface area is 135 Å². The van der Waals surface area contributed by atoms with Gasteiger partial charge in [-0.3, -0.25) is 9.69 Å². The highest BCUT2D eigenvalue weighted by atomic mass is 16.5. The van der Waals surface area contributed by atoms with Gasteiger partial charge in [-0.15, -0.1) is 0 Å². The summed E-state index contributed by atoms with van der Waals surface area (Å²) >= 11 is 0. The molecule has 1 fully saturated rings. The standard InChI is InChI=1S/C17H22N4O2/c22-17(20-11-16-18-6-7-19-16)10-15-13-21(8-9-23-15)12-14-4-2-1-3-5-14/h1-7,15H,8-13H2,(H,18,19)(H,20,22)/t15-/m0/s1. The number of nitrogens with one attached hydrogen (secondary N) is 2. The molecule has 1 aromatic heterocycles. The van der Waals surface area contributed by atoms with E-state index in [1.165, 1.54) is 5.56 Å². The number of benzene rings is 1. The first kappa shape index (κ1) is 15.7. The molecule has 1 aliphatic heterocycles. The highest BCUT2D eigenvalue weighted by molar-refractivity contribution is 5.76. The van der Waals surface area contributed by atoms with E-state index in [0.29, 0.717) is 19.6 Å². The molecule has 2 aromatic rings. The number of nitrogens with zero attached hydrogens (tertiary/aromatic N) is 2. The van der Waals surface area contributed by atoms with Crippen LogP contribution in [-0.2, 0) is 22.6 Å². The third-order valence-corrected chi connectivity index (χ3v) is 3.89. The van der Waals surface area contributed by atoms with Gasteiger partial charge in [-0.2, -0.15) is 0 Å². The van der Waals surface area contributed by atoms with Crippen LogP contribution >= 0.6 is 0 Å². The zero-order valence-corrected chi connectivity index (χ0v) is 13.1. The zero-order valence-electron chi connectivity index (χ0n) is 13.1. The van der Waals surface area contributed by atoms with Crippen molar-refractivity contribution in [2.24, 2.45) is 0 Å². The molecule has 0 aliphatic carbocycles. The molecule has 1 aliphatic rings. The molecule has 1 saturated heterocycles. The highest BCUT2D eigenvalue weighted by Gasteiger charge is 2.22. The number of hydrogen-bond acceptors (Lipinski definition) is 4. The van der Waals surface area contributed by atoms with Crippen LogP contribution in [0, 0.1) is 0 Å². The fourth-order valence-electron chi connectivity index (χ4n) is 2.75. The van der Waals surface area contributed by atoms with E-state index in [1.54, 1.807) is 12.4 Å². The van der Waals surface area contributed by atoms with E-state index in [-0.39, 0.29) is 12.0 Å². The Morgan fingerprint density at radius 2 is 2.26 bits per heavy atom. The second-order valence-electron chi connectivity index (χ2n) is 5.73. The number of rotatable bonds is 6. The van der Waals surface area contributed by atoms with E-state index >= 15 is 0 Å².